The molecule has 17 heavy (non-hydrogen) atoms. The normalized spacial score (nSPS) is 17.2. The maximum Gasteiger partial charge on any atom is 0.337 e. The van der Waals surface area contributed by atoms with Gasteiger partial charge in [-0.3, -0.25) is 4.40 Å². The molecule has 2 aromatic heterocycles. The van der Waals surface area contributed by atoms with Gasteiger partial charge >= 0.3 is 5.97 Å². The highest BCUT2D eigenvalue weighted by Gasteiger charge is 2.31. The van der Waals surface area contributed by atoms with Crippen LogP contribution in [0.25, 0.3) is 5.65 Å². The first-order valence-electron chi connectivity index (χ1n) is 5.75. The van der Waals surface area contributed by atoms with Crippen LogP contribution in [0.4, 0.5) is 0 Å². The van der Waals surface area contributed by atoms with Crippen LogP contribution in [-0.4, -0.2) is 25.7 Å². The molecule has 5 heteroatoms. The third-order valence-corrected chi connectivity index (χ3v) is 3.41. The number of rotatable bonds is 3. The molecule has 0 aromatic carbocycles. The molecule has 1 unspecified atom stereocenters. The van der Waals surface area contributed by atoms with Crippen molar-refractivity contribution in [2.24, 2.45) is 5.92 Å². The molecule has 0 aliphatic heterocycles. The first-order valence-corrected chi connectivity index (χ1v) is 5.75. The summed E-state index contributed by atoms with van der Waals surface area (Å²) in [6.07, 6.45) is 4.06. The lowest BCUT2D eigenvalue weighted by molar-refractivity contribution is 0.0696. The van der Waals surface area contributed by atoms with Gasteiger partial charge in [0.25, 0.3) is 0 Å². The number of pyridine rings is 1. The molecule has 1 saturated carbocycles. The average Bonchev–Trinajstić information content (AvgIpc) is 3.07. The SMILES string of the molecule is CC(c1nnc2ccc(C(=O)O)cn12)C1CC1. The largest absolute Gasteiger partial charge is 0.478 e. The monoisotopic (exact) mass is 231 g/mol. The topological polar surface area (TPSA) is 67.5 Å². The molecule has 0 spiro atoms. The Morgan fingerprint density at radius 2 is 2.24 bits per heavy atom. The second kappa shape index (κ2) is 3.55. The summed E-state index contributed by atoms with van der Waals surface area (Å²) in [6, 6.07) is 3.25. The number of nitrogens with zero attached hydrogens (tertiary/aromatic N) is 3. The summed E-state index contributed by atoms with van der Waals surface area (Å²) in [7, 11) is 0. The van der Waals surface area contributed by atoms with E-state index in [2.05, 4.69) is 17.1 Å². The summed E-state index contributed by atoms with van der Waals surface area (Å²) >= 11 is 0. The summed E-state index contributed by atoms with van der Waals surface area (Å²) in [4.78, 5) is 10.9. The van der Waals surface area contributed by atoms with Crippen molar-refractivity contribution >= 4 is 11.6 Å². The summed E-state index contributed by atoms with van der Waals surface area (Å²) in [5.41, 5.74) is 0.971. The summed E-state index contributed by atoms with van der Waals surface area (Å²) in [5, 5.41) is 17.2. The average molecular weight is 231 g/mol. The van der Waals surface area contributed by atoms with E-state index in [1.165, 1.54) is 12.8 Å². The summed E-state index contributed by atoms with van der Waals surface area (Å²) in [6.45, 7) is 2.13. The molecule has 1 atom stereocenters. The third kappa shape index (κ3) is 1.67. The van der Waals surface area contributed by atoms with E-state index in [1.807, 2.05) is 0 Å². The zero-order chi connectivity index (χ0) is 12.0. The highest BCUT2D eigenvalue weighted by molar-refractivity contribution is 5.87. The number of aromatic carboxylic acids is 1. The lowest BCUT2D eigenvalue weighted by atomic mass is 10.1. The molecule has 1 aliphatic carbocycles. The molecule has 88 valence electrons. The molecule has 0 saturated heterocycles. The van der Waals surface area contributed by atoms with Crippen LogP contribution < -0.4 is 0 Å². The first kappa shape index (κ1) is 10.3. The standard InChI is InChI=1S/C12H13N3O2/c1-7(8-2-3-8)11-14-13-10-5-4-9(12(16)17)6-15(10)11/h4-8H,2-3H2,1H3,(H,16,17). The van der Waals surface area contributed by atoms with Crippen molar-refractivity contribution in [1.82, 2.24) is 14.6 Å². The lowest BCUT2D eigenvalue weighted by Crippen LogP contribution is -2.05. The molecule has 0 amide bonds. The van der Waals surface area contributed by atoms with Crippen LogP contribution in [-0.2, 0) is 0 Å². The van der Waals surface area contributed by atoms with Crippen LogP contribution in [0.2, 0.25) is 0 Å². The van der Waals surface area contributed by atoms with Crippen LogP contribution in [0, 0.1) is 5.92 Å². The molecule has 1 fully saturated rings. The van der Waals surface area contributed by atoms with Gasteiger partial charge in [-0.2, -0.15) is 0 Å². The lowest BCUT2D eigenvalue weighted by Gasteiger charge is -2.07. The van der Waals surface area contributed by atoms with Gasteiger partial charge in [0.2, 0.25) is 0 Å². The quantitative estimate of drug-likeness (QED) is 0.876. The predicted octanol–water partition coefficient (Wildman–Crippen LogP) is 1.94. The van der Waals surface area contributed by atoms with Crippen molar-refractivity contribution in [3.8, 4) is 0 Å². The van der Waals surface area contributed by atoms with E-state index in [0.29, 0.717) is 17.5 Å². The van der Waals surface area contributed by atoms with Crippen molar-refractivity contribution in [2.75, 3.05) is 0 Å². The molecule has 3 rings (SSSR count). The Morgan fingerprint density at radius 1 is 1.47 bits per heavy atom. The van der Waals surface area contributed by atoms with Gasteiger partial charge in [0.05, 0.1) is 5.56 Å². The number of carbonyl (C=O) groups is 1. The number of fused-ring (bicyclic) bond motifs is 1. The van der Waals surface area contributed by atoms with Gasteiger partial charge in [-0.15, -0.1) is 10.2 Å². The minimum atomic E-state index is -0.925. The van der Waals surface area contributed by atoms with Crippen molar-refractivity contribution in [3.63, 3.8) is 0 Å². The van der Waals surface area contributed by atoms with E-state index >= 15 is 0 Å². The summed E-state index contributed by atoms with van der Waals surface area (Å²) < 4.78 is 1.80. The smallest absolute Gasteiger partial charge is 0.337 e. The van der Waals surface area contributed by atoms with E-state index in [0.717, 1.165) is 5.82 Å². The molecule has 0 radical (unpaired) electrons. The number of carboxylic acid groups (broad SMARTS) is 1. The van der Waals surface area contributed by atoms with Gasteiger partial charge in [-0.25, -0.2) is 4.79 Å². The van der Waals surface area contributed by atoms with E-state index in [1.54, 1.807) is 22.7 Å². The molecule has 1 aliphatic rings. The first-order chi connectivity index (χ1) is 8.16. The van der Waals surface area contributed by atoms with Crippen molar-refractivity contribution in [2.45, 2.75) is 25.7 Å². The Morgan fingerprint density at radius 3 is 2.88 bits per heavy atom. The second-order valence-electron chi connectivity index (χ2n) is 4.64. The molecule has 1 N–H and O–H groups in total. The van der Waals surface area contributed by atoms with E-state index in [4.69, 9.17) is 5.11 Å². The minimum absolute atomic E-state index is 0.265. The van der Waals surface area contributed by atoms with Crippen LogP contribution in [0.3, 0.4) is 0 Å². The predicted molar refractivity (Wildman–Crippen MR) is 61.1 cm³/mol. The zero-order valence-corrected chi connectivity index (χ0v) is 9.50. The van der Waals surface area contributed by atoms with Gasteiger partial charge in [-0.05, 0) is 30.9 Å². The maximum atomic E-state index is 10.9. The molecule has 2 aromatic rings. The zero-order valence-electron chi connectivity index (χ0n) is 9.50. The molecule has 5 nitrogen and oxygen atoms in total. The van der Waals surface area contributed by atoms with E-state index in [9.17, 15) is 4.79 Å². The number of carboxylic acids is 1. The van der Waals surface area contributed by atoms with Gasteiger partial charge in [0.1, 0.15) is 5.82 Å². The number of aromatic nitrogens is 3. The fourth-order valence-electron chi connectivity index (χ4n) is 2.15. The fourth-order valence-corrected chi connectivity index (χ4v) is 2.15. The Balaban J connectivity index is 2.11. The van der Waals surface area contributed by atoms with Gasteiger partial charge in [0, 0.05) is 12.1 Å². The van der Waals surface area contributed by atoms with Gasteiger partial charge in [-0.1, -0.05) is 6.92 Å². The number of hydrogen-bond acceptors (Lipinski definition) is 3. The highest BCUT2D eigenvalue weighted by Crippen LogP contribution is 2.41. The molecular formula is C12H13N3O2. The van der Waals surface area contributed by atoms with Crippen molar-refractivity contribution < 1.29 is 9.90 Å². The maximum absolute atomic E-state index is 10.9. The second-order valence-corrected chi connectivity index (χ2v) is 4.64. The van der Waals surface area contributed by atoms with Crippen LogP contribution in [0.5, 0.6) is 0 Å². The third-order valence-electron chi connectivity index (χ3n) is 3.41. The van der Waals surface area contributed by atoms with Crippen molar-refractivity contribution in [3.05, 3.63) is 29.7 Å². The van der Waals surface area contributed by atoms with Crippen LogP contribution >= 0.6 is 0 Å². The van der Waals surface area contributed by atoms with Crippen molar-refractivity contribution in [1.29, 1.82) is 0 Å². The Hall–Kier alpha value is -1.91. The molecule has 0 bridgehead atoms. The Kier molecular flexibility index (Phi) is 2.14. The van der Waals surface area contributed by atoms with Gasteiger partial charge in [0.15, 0.2) is 5.65 Å². The van der Waals surface area contributed by atoms with E-state index in [-0.39, 0.29) is 5.56 Å². The van der Waals surface area contributed by atoms with E-state index < -0.39 is 5.97 Å². The highest BCUT2D eigenvalue weighted by atomic mass is 16.4. The minimum Gasteiger partial charge on any atom is -0.478 e. The van der Waals surface area contributed by atoms with Crippen LogP contribution in [0.15, 0.2) is 18.3 Å². The number of hydrogen-bond donors (Lipinski definition) is 1. The fraction of sp³-hybridized carbons (Fsp3) is 0.417. The van der Waals surface area contributed by atoms with Gasteiger partial charge < -0.3 is 5.11 Å². The van der Waals surface area contributed by atoms with Crippen LogP contribution in [0.1, 0.15) is 41.9 Å². The summed E-state index contributed by atoms with van der Waals surface area (Å²) in [5.74, 6) is 0.959. The Labute approximate surface area is 98.1 Å². The molecular weight excluding hydrogens is 218 g/mol. The Bertz CT molecular complexity index is 586. The molecule has 2 heterocycles.